The highest BCUT2D eigenvalue weighted by atomic mass is 79.9. The summed E-state index contributed by atoms with van der Waals surface area (Å²) in [5, 5.41) is 3.09. The predicted octanol–water partition coefficient (Wildman–Crippen LogP) is 5.90. The fourth-order valence-electron chi connectivity index (χ4n) is 4.39. The lowest BCUT2D eigenvalue weighted by Gasteiger charge is -2.41. The van der Waals surface area contributed by atoms with Gasteiger partial charge in [0.2, 0.25) is 11.8 Å². The summed E-state index contributed by atoms with van der Waals surface area (Å²) in [6, 6.07) is 20.2. The zero-order valence-corrected chi connectivity index (χ0v) is 21.0. The number of aryl methyl sites for hydroxylation is 1. The van der Waals surface area contributed by atoms with Crippen molar-refractivity contribution in [1.29, 1.82) is 0 Å². The summed E-state index contributed by atoms with van der Waals surface area (Å²) in [6.07, 6.45) is 0.750. The van der Waals surface area contributed by atoms with Gasteiger partial charge >= 0.3 is 0 Å². The van der Waals surface area contributed by atoms with Gasteiger partial charge in [-0.05, 0) is 79.1 Å². The fourth-order valence-corrected chi connectivity index (χ4v) is 4.87. The van der Waals surface area contributed by atoms with E-state index in [9.17, 15) is 9.59 Å². The summed E-state index contributed by atoms with van der Waals surface area (Å²) in [4.78, 5) is 28.5. The molecule has 0 spiro atoms. The second kappa shape index (κ2) is 10.3. The van der Waals surface area contributed by atoms with Gasteiger partial charge in [0, 0.05) is 22.3 Å². The van der Waals surface area contributed by atoms with E-state index in [0.29, 0.717) is 17.9 Å². The molecule has 3 aromatic carbocycles. The highest BCUT2D eigenvalue weighted by Gasteiger charge is 2.41. The van der Waals surface area contributed by atoms with Crippen LogP contribution >= 0.6 is 15.9 Å². The standard InChI is InChI=1S/C27H27BrN2O4/c1-17-16-19(28)6-14-24(17)29-27(32)23-13-15-25(31)30(20-7-11-22(34-3)12-8-20)26(23)18-4-9-21(33-2)10-5-18/h4-12,14,16,23,26H,13,15H2,1-3H3,(H,29,32)/t23-,26-/m1/s1. The van der Waals surface area contributed by atoms with Crippen LogP contribution < -0.4 is 19.7 Å². The fraction of sp³-hybridized carbons (Fsp3) is 0.259. The summed E-state index contributed by atoms with van der Waals surface area (Å²) in [7, 11) is 3.21. The second-order valence-electron chi connectivity index (χ2n) is 8.27. The molecule has 7 heteroatoms. The van der Waals surface area contributed by atoms with E-state index < -0.39 is 12.0 Å². The Morgan fingerprint density at radius 3 is 2.18 bits per heavy atom. The Morgan fingerprint density at radius 2 is 1.59 bits per heavy atom. The molecule has 0 bridgehead atoms. The maximum atomic E-state index is 13.6. The average molecular weight is 523 g/mol. The predicted molar refractivity (Wildman–Crippen MR) is 136 cm³/mol. The van der Waals surface area contributed by atoms with Crippen molar-refractivity contribution in [3.63, 3.8) is 0 Å². The molecule has 2 atom stereocenters. The third-order valence-corrected chi connectivity index (χ3v) is 6.68. The molecular weight excluding hydrogens is 496 g/mol. The first kappa shape index (κ1) is 23.8. The molecule has 0 saturated carbocycles. The van der Waals surface area contributed by atoms with Gasteiger partial charge in [0.15, 0.2) is 0 Å². The van der Waals surface area contributed by atoms with E-state index in [1.54, 1.807) is 19.1 Å². The summed E-state index contributed by atoms with van der Waals surface area (Å²) in [5.74, 6) is 0.853. The highest BCUT2D eigenvalue weighted by Crippen LogP contribution is 2.41. The molecule has 176 valence electrons. The first-order valence-electron chi connectivity index (χ1n) is 11.1. The summed E-state index contributed by atoms with van der Waals surface area (Å²) < 4.78 is 11.5. The Balaban J connectivity index is 1.73. The molecule has 1 saturated heterocycles. The van der Waals surface area contributed by atoms with Crippen LogP contribution in [0.3, 0.4) is 0 Å². The Kier molecular flexibility index (Phi) is 7.22. The van der Waals surface area contributed by atoms with Crippen LogP contribution in [0.25, 0.3) is 0 Å². The minimum absolute atomic E-state index is 0.0187. The summed E-state index contributed by atoms with van der Waals surface area (Å²) in [5.41, 5.74) is 3.32. The van der Waals surface area contributed by atoms with Gasteiger partial charge in [-0.1, -0.05) is 28.1 Å². The number of halogens is 1. The number of nitrogens with zero attached hydrogens (tertiary/aromatic N) is 1. The van der Waals surface area contributed by atoms with Crippen LogP contribution in [0.5, 0.6) is 11.5 Å². The van der Waals surface area contributed by atoms with Gasteiger partial charge in [-0.15, -0.1) is 0 Å². The van der Waals surface area contributed by atoms with E-state index in [-0.39, 0.29) is 18.2 Å². The van der Waals surface area contributed by atoms with Crippen molar-refractivity contribution in [2.24, 2.45) is 5.92 Å². The van der Waals surface area contributed by atoms with E-state index in [2.05, 4.69) is 21.2 Å². The third-order valence-electron chi connectivity index (χ3n) is 6.19. The van der Waals surface area contributed by atoms with E-state index in [0.717, 1.165) is 27.0 Å². The average Bonchev–Trinajstić information content (AvgIpc) is 2.85. The zero-order valence-electron chi connectivity index (χ0n) is 19.4. The molecule has 4 rings (SSSR count). The van der Waals surface area contributed by atoms with E-state index in [1.807, 2.05) is 73.7 Å². The van der Waals surface area contributed by atoms with Crippen LogP contribution in [0.4, 0.5) is 11.4 Å². The lowest BCUT2D eigenvalue weighted by molar-refractivity contribution is -0.125. The molecule has 0 aliphatic carbocycles. The molecule has 34 heavy (non-hydrogen) atoms. The van der Waals surface area contributed by atoms with Gasteiger partial charge in [0.1, 0.15) is 11.5 Å². The minimum Gasteiger partial charge on any atom is -0.497 e. The lowest BCUT2D eigenvalue weighted by atomic mass is 9.83. The smallest absolute Gasteiger partial charge is 0.229 e. The van der Waals surface area contributed by atoms with Crippen molar-refractivity contribution in [1.82, 2.24) is 0 Å². The van der Waals surface area contributed by atoms with E-state index in [4.69, 9.17) is 9.47 Å². The lowest BCUT2D eigenvalue weighted by Crippen LogP contribution is -2.47. The SMILES string of the molecule is COc1ccc([C@@H]2[C@H](C(=O)Nc3ccc(Br)cc3C)CCC(=O)N2c2ccc(OC)cc2)cc1. The number of carbonyl (C=O) groups is 2. The molecule has 0 radical (unpaired) electrons. The molecule has 1 N–H and O–H groups in total. The van der Waals surface area contributed by atoms with Crippen molar-refractivity contribution in [3.05, 3.63) is 82.3 Å². The van der Waals surface area contributed by atoms with Crippen LogP contribution in [0, 0.1) is 12.8 Å². The number of ether oxygens (including phenoxy) is 2. The molecule has 1 heterocycles. The number of piperidine rings is 1. The monoisotopic (exact) mass is 522 g/mol. The Labute approximate surface area is 208 Å². The molecule has 1 fully saturated rings. The first-order valence-corrected chi connectivity index (χ1v) is 11.9. The van der Waals surface area contributed by atoms with Crippen LogP contribution in [-0.2, 0) is 9.59 Å². The largest absolute Gasteiger partial charge is 0.497 e. The molecule has 0 aromatic heterocycles. The molecule has 0 unspecified atom stereocenters. The van der Waals surface area contributed by atoms with Crippen molar-refractivity contribution < 1.29 is 19.1 Å². The van der Waals surface area contributed by atoms with Crippen molar-refractivity contribution in [3.8, 4) is 11.5 Å². The van der Waals surface area contributed by atoms with Crippen LogP contribution in [0.2, 0.25) is 0 Å². The topological polar surface area (TPSA) is 67.9 Å². The Morgan fingerprint density at radius 1 is 0.971 bits per heavy atom. The van der Waals surface area contributed by atoms with Gasteiger partial charge in [-0.25, -0.2) is 0 Å². The molecule has 2 amide bonds. The number of carbonyl (C=O) groups excluding carboxylic acids is 2. The normalized spacial score (nSPS) is 17.9. The van der Waals surface area contributed by atoms with Gasteiger partial charge < -0.3 is 19.7 Å². The van der Waals surface area contributed by atoms with Gasteiger partial charge in [-0.3, -0.25) is 9.59 Å². The number of anilines is 2. The number of amides is 2. The quantitative estimate of drug-likeness (QED) is 0.437. The molecule has 1 aliphatic rings. The Bertz CT molecular complexity index is 1180. The molecular formula is C27H27BrN2O4. The van der Waals surface area contributed by atoms with Crippen LogP contribution in [0.15, 0.2) is 71.2 Å². The number of benzene rings is 3. The van der Waals surface area contributed by atoms with Crippen molar-refractivity contribution in [2.45, 2.75) is 25.8 Å². The number of methoxy groups -OCH3 is 2. The van der Waals surface area contributed by atoms with Gasteiger partial charge in [0.25, 0.3) is 0 Å². The number of rotatable bonds is 6. The van der Waals surface area contributed by atoms with E-state index in [1.165, 1.54) is 0 Å². The molecule has 1 aliphatic heterocycles. The molecule has 3 aromatic rings. The maximum Gasteiger partial charge on any atom is 0.229 e. The summed E-state index contributed by atoms with van der Waals surface area (Å²) in [6.45, 7) is 1.95. The van der Waals surface area contributed by atoms with Crippen molar-refractivity contribution >= 4 is 39.1 Å². The van der Waals surface area contributed by atoms with Gasteiger partial charge in [0.05, 0.1) is 26.2 Å². The number of nitrogens with one attached hydrogen (secondary N) is 1. The number of hydrogen-bond acceptors (Lipinski definition) is 4. The number of hydrogen-bond donors (Lipinski definition) is 1. The molecule has 6 nitrogen and oxygen atoms in total. The van der Waals surface area contributed by atoms with Crippen molar-refractivity contribution in [2.75, 3.05) is 24.4 Å². The minimum atomic E-state index is -0.462. The van der Waals surface area contributed by atoms with Crippen LogP contribution in [-0.4, -0.2) is 26.0 Å². The van der Waals surface area contributed by atoms with Gasteiger partial charge in [-0.2, -0.15) is 0 Å². The first-order chi connectivity index (χ1) is 16.4. The third kappa shape index (κ3) is 4.94. The highest BCUT2D eigenvalue weighted by molar-refractivity contribution is 9.10. The Hall–Kier alpha value is -3.32. The van der Waals surface area contributed by atoms with E-state index >= 15 is 0 Å². The van der Waals surface area contributed by atoms with Crippen LogP contribution in [0.1, 0.15) is 30.0 Å². The zero-order chi connectivity index (χ0) is 24.2. The second-order valence-corrected chi connectivity index (χ2v) is 9.19. The maximum absolute atomic E-state index is 13.6. The summed E-state index contributed by atoms with van der Waals surface area (Å²) >= 11 is 3.47.